The van der Waals surface area contributed by atoms with Crippen molar-refractivity contribution >= 4 is 11.8 Å². The molecule has 0 bridgehead atoms. The summed E-state index contributed by atoms with van der Waals surface area (Å²) in [5, 5.41) is 10.9. The van der Waals surface area contributed by atoms with E-state index >= 15 is 0 Å². The zero-order valence-electron chi connectivity index (χ0n) is 11.0. The lowest BCUT2D eigenvalue weighted by atomic mass is 10.6. The van der Waals surface area contributed by atoms with Gasteiger partial charge in [-0.25, -0.2) is 4.79 Å². The Balaban J connectivity index is -0.000000210. The normalized spacial score (nSPS) is 11.7. The smallest absolute Gasteiger partial charge is 0.329 e. The van der Waals surface area contributed by atoms with Gasteiger partial charge in [-0.05, 0) is 0 Å². The fourth-order valence-corrected chi connectivity index (χ4v) is 0.804. The van der Waals surface area contributed by atoms with Gasteiger partial charge in [-0.3, -0.25) is 4.99 Å². The Morgan fingerprint density at radius 3 is 2.16 bits per heavy atom. The first-order chi connectivity index (χ1) is 8.62. The van der Waals surface area contributed by atoms with Crippen LogP contribution in [0.4, 0.5) is 0 Å². The van der Waals surface area contributed by atoms with Crippen molar-refractivity contribution in [1.29, 1.82) is 0 Å². The van der Waals surface area contributed by atoms with E-state index in [4.69, 9.17) is 21.3 Å². The van der Waals surface area contributed by atoms with Crippen LogP contribution in [0, 0.1) is 0 Å². The average Bonchev–Trinajstić information content (AvgIpc) is 2.83. The molecule has 0 aromatic carbocycles. The predicted molar refractivity (Wildman–Crippen MR) is 76.5 cm³/mol. The number of nitrogens with zero attached hydrogens (tertiary/aromatic N) is 1. The first-order valence-corrected chi connectivity index (χ1v) is 5.49. The summed E-state index contributed by atoms with van der Waals surface area (Å²) in [6, 6.07) is 0. The molecule has 0 radical (unpaired) electrons. The molecule has 1 aliphatic rings. The summed E-state index contributed by atoms with van der Waals surface area (Å²) in [7, 11) is 3.01. The summed E-state index contributed by atoms with van der Waals surface area (Å²) in [6.07, 6.45) is 0. The number of amidine groups is 1. The number of hydrogen-bond donors (Lipinski definition) is 4. The number of rotatable bonds is 5. The van der Waals surface area contributed by atoms with Crippen LogP contribution in [0.5, 0.6) is 0 Å². The van der Waals surface area contributed by atoms with Crippen molar-refractivity contribution in [1.82, 2.24) is 5.32 Å². The molecule has 0 unspecified atom stereocenters. The van der Waals surface area contributed by atoms with Gasteiger partial charge in [0.1, 0.15) is 19.0 Å². The van der Waals surface area contributed by atoms with Gasteiger partial charge in [-0.15, -0.1) is 0 Å². The Morgan fingerprint density at radius 2 is 1.95 bits per heavy atom. The number of ether oxygens (including phenoxy) is 2. The van der Waals surface area contributed by atoms with E-state index in [9.17, 15) is 4.79 Å². The van der Waals surface area contributed by atoms with E-state index in [0.29, 0.717) is 19.7 Å². The largest absolute Gasteiger partial charge is 0.480 e. The van der Waals surface area contributed by atoms with Crippen LogP contribution in [-0.4, -0.2) is 70.5 Å². The first kappa shape index (κ1) is 22.9. The summed E-state index contributed by atoms with van der Waals surface area (Å²) < 4.78 is 9.04. The summed E-state index contributed by atoms with van der Waals surface area (Å²) >= 11 is 0. The number of nitrogens with two attached hydrogens (primary N) is 2. The van der Waals surface area contributed by atoms with Crippen molar-refractivity contribution in [2.75, 3.05) is 53.6 Å². The predicted octanol–water partition coefficient (Wildman–Crippen LogP) is -1.11. The number of carbonyl (C=O) groups is 1. The number of nitrogens with one attached hydrogen (secondary N) is 1. The summed E-state index contributed by atoms with van der Waals surface area (Å²) in [6.45, 7) is 3.48. The van der Waals surface area contributed by atoms with Gasteiger partial charge >= 0.3 is 5.97 Å². The lowest BCUT2D eigenvalue weighted by Gasteiger charge is -1.96. The quantitative estimate of drug-likeness (QED) is 0.502. The topological polar surface area (TPSA) is 132 Å². The monoisotopic (exact) mass is 280 g/mol. The third-order valence-electron chi connectivity index (χ3n) is 1.46. The summed E-state index contributed by atoms with van der Waals surface area (Å²) in [5.41, 5.74) is 9.81. The Hall–Kier alpha value is -1.22. The Labute approximate surface area is 115 Å². The average molecular weight is 280 g/mol. The molecule has 8 heteroatoms. The Bertz CT molecular complexity index is 223. The van der Waals surface area contributed by atoms with Crippen molar-refractivity contribution in [3.63, 3.8) is 0 Å². The van der Waals surface area contributed by atoms with Crippen LogP contribution in [0.25, 0.3) is 0 Å². The minimum Gasteiger partial charge on any atom is -0.480 e. The number of aliphatic carboxylic acids is 1. The molecule has 0 saturated carbocycles. The van der Waals surface area contributed by atoms with Gasteiger partial charge in [0, 0.05) is 33.9 Å². The second-order valence-electron chi connectivity index (χ2n) is 3.09. The van der Waals surface area contributed by atoms with E-state index in [0.717, 1.165) is 18.9 Å². The van der Waals surface area contributed by atoms with Crippen molar-refractivity contribution in [3.8, 4) is 0 Å². The number of hydrogen-bond acceptors (Lipinski definition) is 7. The standard InChI is InChI=1S/C5H10N2O.C3H6O3.C2H8N2.CH4/c1-8-4-5-6-2-3-7-5;1-6-2-3(4)5;3-1-2-4;/h2-4H2,1H3,(H,6,7);2H2,1H3,(H,4,5);1-4H2;1H4. The minimum atomic E-state index is -0.933. The minimum absolute atomic E-state index is 0. The molecule has 0 aliphatic carbocycles. The molecular formula is C11H28N4O4. The highest BCUT2D eigenvalue weighted by molar-refractivity contribution is 5.84. The highest BCUT2D eigenvalue weighted by atomic mass is 16.5. The van der Waals surface area contributed by atoms with Crippen molar-refractivity contribution in [2.45, 2.75) is 7.43 Å². The molecule has 1 heterocycles. The molecule has 19 heavy (non-hydrogen) atoms. The van der Waals surface area contributed by atoms with Gasteiger partial charge in [-0.2, -0.15) is 0 Å². The highest BCUT2D eigenvalue weighted by Crippen LogP contribution is 1.83. The molecule has 0 saturated heterocycles. The second-order valence-corrected chi connectivity index (χ2v) is 3.09. The van der Waals surface area contributed by atoms with Crippen LogP contribution in [-0.2, 0) is 14.3 Å². The van der Waals surface area contributed by atoms with Gasteiger partial charge in [-0.1, -0.05) is 7.43 Å². The van der Waals surface area contributed by atoms with E-state index in [1.165, 1.54) is 7.11 Å². The van der Waals surface area contributed by atoms with Crippen LogP contribution in [0.15, 0.2) is 4.99 Å². The van der Waals surface area contributed by atoms with Gasteiger partial charge in [0.15, 0.2) is 0 Å². The fourth-order valence-electron chi connectivity index (χ4n) is 0.804. The van der Waals surface area contributed by atoms with Crippen molar-refractivity contribution < 1.29 is 19.4 Å². The molecule has 8 nitrogen and oxygen atoms in total. The molecule has 0 fully saturated rings. The van der Waals surface area contributed by atoms with Gasteiger partial charge in [0.2, 0.25) is 0 Å². The SMILES string of the molecule is C.COCC(=O)O.COCC1=NCCN1.NCCN. The van der Waals surface area contributed by atoms with E-state index in [1.807, 2.05) is 0 Å². The third kappa shape index (κ3) is 22.4. The van der Waals surface area contributed by atoms with Crippen LogP contribution < -0.4 is 16.8 Å². The van der Waals surface area contributed by atoms with Gasteiger partial charge < -0.3 is 31.4 Å². The maximum absolute atomic E-state index is 9.47. The highest BCUT2D eigenvalue weighted by Gasteiger charge is 2.01. The summed E-state index contributed by atoms with van der Waals surface area (Å²) in [4.78, 5) is 13.6. The Kier molecular flexibility index (Phi) is 23.1. The molecule has 0 spiro atoms. The molecule has 1 aliphatic heterocycles. The van der Waals surface area contributed by atoms with Crippen LogP contribution in [0.2, 0.25) is 0 Å². The third-order valence-corrected chi connectivity index (χ3v) is 1.46. The fraction of sp³-hybridized carbons (Fsp3) is 0.818. The van der Waals surface area contributed by atoms with E-state index in [1.54, 1.807) is 7.11 Å². The molecule has 0 amide bonds. The van der Waals surface area contributed by atoms with Gasteiger partial charge in [0.25, 0.3) is 0 Å². The van der Waals surface area contributed by atoms with Crippen molar-refractivity contribution in [2.24, 2.45) is 16.5 Å². The van der Waals surface area contributed by atoms with Crippen LogP contribution >= 0.6 is 0 Å². The van der Waals surface area contributed by atoms with Crippen LogP contribution in [0.1, 0.15) is 7.43 Å². The van der Waals surface area contributed by atoms with E-state index in [2.05, 4.69) is 15.0 Å². The van der Waals surface area contributed by atoms with Gasteiger partial charge in [0.05, 0.1) is 6.54 Å². The molecule has 0 atom stereocenters. The number of carboxylic acids is 1. The maximum atomic E-state index is 9.47. The molecule has 6 N–H and O–H groups in total. The van der Waals surface area contributed by atoms with E-state index in [-0.39, 0.29) is 14.0 Å². The summed E-state index contributed by atoms with van der Waals surface area (Å²) in [5.74, 6) is 0.0463. The molecule has 0 aromatic rings. The zero-order chi connectivity index (χ0) is 14.2. The zero-order valence-corrected chi connectivity index (χ0v) is 11.0. The Morgan fingerprint density at radius 1 is 1.37 bits per heavy atom. The van der Waals surface area contributed by atoms with Crippen LogP contribution in [0.3, 0.4) is 0 Å². The molecule has 1 rings (SSSR count). The second kappa shape index (κ2) is 19.1. The maximum Gasteiger partial charge on any atom is 0.329 e. The molecular weight excluding hydrogens is 252 g/mol. The number of methoxy groups -OCH3 is 2. The lowest BCUT2D eigenvalue weighted by molar-refractivity contribution is -0.141. The number of aliphatic imine (C=N–C) groups is 1. The molecule has 116 valence electrons. The van der Waals surface area contributed by atoms with Crippen molar-refractivity contribution in [3.05, 3.63) is 0 Å². The molecule has 0 aromatic heterocycles. The number of carboxylic acid groups (broad SMARTS) is 1. The van der Waals surface area contributed by atoms with E-state index < -0.39 is 5.97 Å². The lowest BCUT2D eigenvalue weighted by Crippen LogP contribution is -2.22. The first-order valence-electron chi connectivity index (χ1n) is 5.49.